The standard InChI is InChI=1S/C16H17N5.C7H16/c1-11-8-13(21-9-12(2)18-10-21)4-5-14(11)15-6-7-16(17-3)20-19-15;1-3-5-7-6-4-2/h4-10H,1-3H3,(H,17,20);3-7H2,1-2H3. The number of aromatic nitrogens is 4. The molecule has 0 bridgehead atoms. The maximum atomic E-state index is 4.26. The maximum Gasteiger partial charge on any atom is 0.148 e. The lowest BCUT2D eigenvalue weighted by molar-refractivity contribution is 0.656. The van der Waals surface area contributed by atoms with E-state index in [-0.39, 0.29) is 0 Å². The first-order valence-electron chi connectivity index (χ1n) is 10.2. The number of rotatable bonds is 7. The molecule has 0 amide bonds. The fraction of sp³-hybridized carbons (Fsp3) is 0.435. The predicted molar refractivity (Wildman–Crippen MR) is 118 cm³/mol. The quantitative estimate of drug-likeness (QED) is 0.514. The van der Waals surface area contributed by atoms with Gasteiger partial charge in [-0.3, -0.25) is 0 Å². The largest absolute Gasteiger partial charge is 0.372 e. The Hall–Kier alpha value is -2.69. The lowest BCUT2D eigenvalue weighted by Gasteiger charge is -2.09. The molecule has 5 nitrogen and oxygen atoms in total. The molecular weight excluding hydrogens is 346 g/mol. The highest BCUT2D eigenvalue weighted by Gasteiger charge is 2.06. The summed E-state index contributed by atoms with van der Waals surface area (Å²) in [7, 11) is 1.83. The van der Waals surface area contributed by atoms with E-state index in [1.54, 1.807) is 0 Å². The first-order valence-corrected chi connectivity index (χ1v) is 10.2. The highest BCUT2D eigenvalue weighted by Crippen LogP contribution is 2.24. The molecule has 150 valence electrons. The Balaban J connectivity index is 0.000000345. The van der Waals surface area contributed by atoms with E-state index in [1.165, 1.54) is 32.1 Å². The molecule has 3 aromatic rings. The molecule has 0 atom stereocenters. The highest BCUT2D eigenvalue weighted by molar-refractivity contribution is 5.65. The smallest absolute Gasteiger partial charge is 0.148 e. The summed E-state index contributed by atoms with van der Waals surface area (Å²) in [6, 6.07) is 10.2. The van der Waals surface area contributed by atoms with E-state index in [0.29, 0.717) is 0 Å². The second kappa shape index (κ2) is 11.2. The number of nitrogens with one attached hydrogen (secondary N) is 1. The van der Waals surface area contributed by atoms with E-state index < -0.39 is 0 Å². The molecule has 0 fully saturated rings. The van der Waals surface area contributed by atoms with E-state index >= 15 is 0 Å². The summed E-state index contributed by atoms with van der Waals surface area (Å²) >= 11 is 0. The molecule has 0 spiro atoms. The van der Waals surface area contributed by atoms with Crippen molar-refractivity contribution in [1.82, 2.24) is 19.7 Å². The van der Waals surface area contributed by atoms with E-state index in [9.17, 15) is 0 Å². The fourth-order valence-electron chi connectivity index (χ4n) is 2.94. The van der Waals surface area contributed by atoms with Gasteiger partial charge in [0.2, 0.25) is 0 Å². The van der Waals surface area contributed by atoms with Gasteiger partial charge < -0.3 is 9.88 Å². The Labute approximate surface area is 169 Å². The summed E-state index contributed by atoms with van der Waals surface area (Å²) < 4.78 is 2.02. The van der Waals surface area contributed by atoms with Gasteiger partial charge >= 0.3 is 0 Å². The van der Waals surface area contributed by atoms with Crippen LogP contribution in [0.4, 0.5) is 5.82 Å². The Morgan fingerprint density at radius 3 is 2.18 bits per heavy atom. The van der Waals surface area contributed by atoms with Crippen LogP contribution in [0.25, 0.3) is 16.9 Å². The van der Waals surface area contributed by atoms with Crippen molar-refractivity contribution < 1.29 is 0 Å². The van der Waals surface area contributed by atoms with Crippen LogP contribution in [0.3, 0.4) is 0 Å². The number of nitrogens with zero attached hydrogens (tertiary/aromatic N) is 4. The molecule has 0 aliphatic heterocycles. The highest BCUT2D eigenvalue weighted by atomic mass is 15.2. The van der Waals surface area contributed by atoms with Gasteiger partial charge in [-0.25, -0.2) is 4.98 Å². The van der Waals surface area contributed by atoms with Crippen molar-refractivity contribution in [3.63, 3.8) is 0 Å². The van der Waals surface area contributed by atoms with Gasteiger partial charge in [0.05, 0.1) is 17.7 Å². The number of benzene rings is 1. The molecule has 3 rings (SSSR count). The molecule has 0 saturated carbocycles. The maximum absolute atomic E-state index is 4.26. The van der Waals surface area contributed by atoms with Crippen LogP contribution in [-0.4, -0.2) is 26.8 Å². The summed E-state index contributed by atoms with van der Waals surface area (Å²) in [4.78, 5) is 4.26. The third kappa shape index (κ3) is 6.19. The molecule has 0 aliphatic rings. The summed E-state index contributed by atoms with van der Waals surface area (Å²) in [6.07, 6.45) is 10.8. The lowest BCUT2D eigenvalue weighted by Crippen LogP contribution is -1.97. The van der Waals surface area contributed by atoms with Crippen LogP contribution >= 0.6 is 0 Å². The first kappa shape index (κ1) is 21.6. The van der Waals surface area contributed by atoms with Gasteiger partial charge in [-0.2, -0.15) is 0 Å². The van der Waals surface area contributed by atoms with Gasteiger partial charge in [-0.05, 0) is 43.7 Å². The normalized spacial score (nSPS) is 10.3. The average molecular weight is 380 g/mol. The number of hydrogen-bond acceptors (Lipinski definition) is 4. The van der Waals surface area contributed by atoms with Gasteiger partial charge in [0.1, 0.15) is 5.82 Å². The molecule has 5 heteroatoms. The Kier molecular flexibility index (Phi) is 8.66. The summed E-state index contributed by atoms with van der Waals surface area (Å²) in [5.74, 6) is 0.766. The molecule has 28 heavy (non-hydrogen) atoms. The predicted octanol–water partition coefficient (Wildman–Crippen LogP) is 5.96. The van der Waals surface area contributed by atoms with Crippen molar-refractivity contribution in [3.8, 4) is 16.9 Å². The first-order chi connectivity index (χ1) is 13.6. The van der Waals surface area contributed by atoms with Crippen molar-refractivity contribution in [2.45, 2.75) is 59.8 Å². The number of aryl methyl sites for hydroxylation is 2. The van der Waals surface area contributed by atoms with Gasteiger partial charge in [0, 0.05) is 24.5 Å². The fourth-order valence-corrected chi connectivity index (χ4v) is 2.94. The Morgan fingerprint density at radius 1 is 0.929 bits per heavy atom. The zero-order valence-electron chi connectivity index (χ0n) is 17.9. The van der Waals surface area contributed by atoms with Crippen molar-refractivity contribution in [2.75, 3.05) is 12.4 Å². The molecule has 2 aromatic heterocycles. The molecule has 0 radical (unpaired) electrons. The molecule has 1 aromatic carbocycles. The van der Waals surface area contributed by atoms with Gasteiger partial charge in [0.15, 0.2) is 0 Å². The minimum atomic E-state index is 0.766. The van der Waals surface area contributed by atoms with E-state index in [2.05, 4.69) is 59.5 Å². The van der Waals surface area contributed by atoms with Gasteiger partial charge in [0.25, 0.3) is 0 Å². The van der Waals surface area contributed by atoms with Crippen LogP contribution in [0, 0.1) is 13.8 Å². The van der Waals surface area contributed by atoms with E-state index in [4.69, 9.17) is 0 Å². The van der Waals surface area contributed by atoms with E-state index in [0.717, 1.165) is 34.0 Å². The third-order valence-corrected chi connectivity index (χ3v) is 4.62. The average Bonchev–Trinajstić information content (AvgIpc) is 3.15. The van der Waals surface area contributed by atoms with Crippen molar-refractivity contribution in [1.29, 1.82) is 0 Å². The minimum absolute atomic E-state index is 0.766. The second-order valence-electron chi connectivity index (χ2n) is 7.04. The minimum Gasteiger partial charge on any atom is -0.372 e. The van der Waals surface area contributed by atoms with Gasteiger partial charge in [-0.1, -0.05) is 52.0 Å². The number of anilines is 1. The number of hydrogen-bond donors (Lipinski definition) is 1. The zero-order chi connectivity index (χ0) is 20.4. The number of unbranched alkanes of at least 4 members (excludes halogenated alkanes) is 4. The van der Waals surface area contributed by atoms with Crippen LogP contribution < -0.4 is 5.32 Å². The van der Waals surface area contributed by atoms with Crippen LogP contribution in [0.1, 0.15) is 57.2 Å². The second-order valence-corrected chi connectivity index (χ2v) is 7.04. The molecule has 0 saturated heterocycles. The van der Waals surface area contributed by atoms with Crippen molar-refractivity contribution >= 4 is 5.82 Å². The molecule has 0 aliphatic carbocycles. The van der Waals surface area contributed by atoms with Crippen LogP contribution in [0.15, 0.2) is 42.9 Å². The van der Waals surface area contributed by atoms with Crippen LogP contribution in [0.5, 0.6) is 0 Å². The third-order valence-electron chi connectivity index (χ3n) is 4.62. The monoisotopic (exact) mass is 379 g/mol. The van der Waals surface area contributed by atoms with Gasteiger partial charge in [-0.15, -0.1) is 10.2 Å². The summed E-state index contributed by atoms with van der Waals surface area (Å²) in [5.41, 5.74) is 5.22. The molecular formula is C23H33N5. The topological polar surface area (TPSA) is 55.6 Å². The molecule has 2 heterocycles. The zero-order valence-corrected chi connectivity index (χ0v) is 17.9. The molecule has 0 unspecified atom stereocenters. The lowest BCUT2D eigenvalue weighted by atomic mass is 10.0. The Morgan fingerprint density at radius 2 is 1.68 bits per heavy atom. The van der Waals surface area contributed by atoms with Crippen molar-refractivity contribution in [2.24, 2.45) is 0 Å². The SMILES string of the molecule is CCCCCCC.CNc1ccc(-c2ccc(-n3cnc(C)c3)cc2C)nn1. The van der Waals surface area contributed by atoms with Crippen LogP contribution in [0.2, 0.25) is 0 Å². The number of imidazole rings is 1. The summed E-state index contributed by atoms with van der Waals surface area (Å²) in [6.45, 7) is 8.55. The summed E-state index contributed by atoms with van der Waals surface area (Å²) in [5, 5.41) is 11.3. The van der Waals surface area contributed by atoms with Crippen molar-refractivity contribution in [3.05, 3.63) is 54.1 Å². The molecule has 1 N–H and O–H groups in total. The van der Waals surface area contributed by atoms with E-state index in [1.807, 2.05) is 43.2 Å². The Bertz CT molecular complexity index is 832. The van der Waals surface area contributed by atoms with Crippen LogP contribution in [-0.2, 0) is 0 Å².